The van der Waals surface area contributed by atoms with Gasteiger partial charge in [-0.3, -0.25) is 4.79 Å². The highest BCUT2D eigenvalue weighted by Crippen LogP contribution is 2.46. The second kappa shape index (κ2) is 6.15. The van der Waals surface area contributed by atoms with Crippen LogP contribution < -0.4 is 10.1 Å². The molecule has 0 spiro atoms. The van der Waals surface area contributed by atoms with Crippen LogP contribution >= 0.6 is 0 Å². The van der Waals surface area contributed by atoms with E-state index in [1.54, 1.807) is 6.26 Å². The maximum absolute atomic E-state index is 12.2. The number of rotatable bonds is 7. The van der Waals surface area contributed by atoms with Crippen LogP contribution in [0.4, 0.5) is 0 Å². The molecule has 2 aromatic heterocycles. The molecule has 2 heterocycles. The summed E-state index contributed by atoms with van der Waals surface area (Å²) >= 11 is 0. The van der Waals surface area contributed by atoms with Crippen molar-refractivity contribution in [2.24, 2.45) is 5.41 Å². The van der Waals surface area contributed by atoms with Crippen molar-refractivity contribution in [3.05, 3.63) is 47.5 Å². The van der Waals surface area contributed by atoms with Crippen LogP contribution in [0.15, 0.2) is 35.1 Å². The molecular weight excluding hydrogens is 342 g/mol. The zero-order chi connectivity index (χ0) is 18.4. The van der Waals surface area contributed by atoms with Crippen molar-refractivity contribution in [3.63, 3.8) is 0 Å². The lowest BCUT2D eigenvalue weighted by molar-refractivity contribution is -0.125. The number of carbonyl (C=O) groups is 1. The fourth-order valence-corrected chi connectivity index (χ4v) is 3.44. The Morgan fingerprint density at radius 1 is 1.37 bits per heavy atom. The fourth-order valence-electron chi connectivity index (χ4n) is 3.44. The molecule has 2 aliphatic carbocycles. The smallest absolute Gasteiger partial charge is 0.226 e. The van der Waals surface area contributed by atoms with E-state index in [2.05, 4.69) is 33.7 Å². The van der Waals surface area contributed by atoms with Gasteiger partial charge in [0.05, 0.1) is 6.54 Å². The Balaban J connectivity index is 1.36. The lowest BCUT2D eigenvalue weighted by Gasteiger charge is -2.10. The van der Waals surface area contributed by atoms with Gasteiger partial charge >= 0.3 is 0 Å². The molecule has 1 amide bonds. The highest BCUT2D eigenvalue weighted by atomic mass is 16.5. The third kappa shape index (κ3) is 3.31. The molecule has 27 heavy (non-hydrogen) atoms. The highest BCUT2D eigenvalue weighted by molar-refractivity contribution is 5.86. The summed E-state index contributed by atoms with van der Waals surface area (Å²) in [6.07, 6.45) is 5.94. The first kappa shape index (κ1) is 16.4. The standard InChI is InChI=1S/C21H23N3O3/c1-21(5-6-21)20(25)22-11-16-8-14-9-17(13-2-3-13)19(10-18(14)23-16)26-12-15-4-7-27-24-15/h4,7-10,13,23H,2-3,5-6,11-12H2,1H3,(H,22,25). The molecular formula is C21H23N3O3. The molecule has 6 heteroatoms. The summed E-state index contributed by atoms with van der Waals surface area (Å²) in [5.74, 6) is 1.63. The number of fused-ring (bicyclic) bond motifs is 1. The normalized spacial score (nSPS) is 17.8. The number of amides is 1. The summed E-state index contributed by atoms with van der Waals surface area (Å²) < 4.78 is 10.9. The average molecular weight is 365 g/mol. The minimum absolute atomic E-state index is 0.146. The molecule has 5 rings (SSSR count). The van der Waals surface area contributed by atoms with Crippen molar-refractivity contribution < 1.29 is 14.1 Å². The predicted molar refractivity (Wildman–Crippen MR) is 100 cm³/mol. The van der Waals surface area contributed by atoms with E-state index in [0.717, 1.165) is 40.9 Å². The van der Waals surface area contributed by atoms with Crippen LogP contribution in [-0.2, 0) is 17.9 Å². The van der Waals surface area contributed by atoms with E-state index < -0.39 is 0 Å². The monoisotopic (exact) mass is 365 g/mol. The molecule has 140 valence electrons. The molecule has 0 aliphatic heterocycles. The zero-order valence-corrected chi connectivity index (χ0v) is 15.4. The number of hydrogen-bond acceptors (Lipinski definition) is 4. The molecule has 0 atom stereocenters. The molecule has 1 aromatic carbocycles. The first-order chi connectivity index (χ1) is 13.1. The van der Waals surface area contributed by atoms with Gasteiger partial charge < -0.3 is 19.6 Å². The molecule has 0 bridgehead atoms. The highest BCUT2D eigenvalue weighted by Gasteiger charge is 2.44. The first-order valence-corrected chi connectivity index (χ1v) is 9.57. The molecule has 2 N–H and O–H groups in total. The topological polar surface area (TPSA) is 80.2 Å². The molecule has 3 aromatic rings. The second-order valence-corrected chi connectivity index (χ2v) is 8.07. The predicted octanol–water partition coefficient (Wildman–Crippen LogP) is 4.03. The number of nitrogens with zero attached hydrogens (tertiary/aromatic N) is 1. The average Bonchev–Trinajstić information content (AvgIpc) is 3.55. The number of nitrogens with one attached hydrogen (secondary N) is 2. The molecule has 0 saturated heterocycles. The number of ether oxygens (including phenoxy) is 1. The first-order valence-electron chi connectivity index (χ1n) is 9.57. The fraction of sp³-hybridized carbons (Fsp3) is 0.429. The number of carbonyl (C=O) groups excluding carboxylic acids is 1. The minimum atomic E-state index is -0.146. The van der Waals surface area contributed by atoms with Crippen molar-refractivity contribution in [3.8, 4) is 5.75 Å². The van der Waals surface area contributed by atoms with E-state index in [1.807, 2.05) is 13.0 Å². The van der Waals surface area contributed by atoms with Crippen molar-refractivity contribution in [2.45, 2.75) is 51.7 Å². The van der Waals surface area contributed by atoms with Crippen LogP contribution in [0, 0.1) is 5.41 Å². The second-order valence-electron chi connectivity index (χ2n) is 8.07. The Bertz CT molecular complexity index is 982. The van der Waals surface area contributed by atoms with Gasteiger partial charge in [0.15, 0.2) is 0 Å². The van der Waals surface area contributed by atoms with Crippen LogP contribution in [0.25, 0.3) is 10.9 Å². The lowest BCUT2D eigenvalue weighted by Crippen LogP contribution is -2.29. The van der Waals surface area contributed by atoms with Crippen LogP contribution in [0.1, 0.15) is 55.5 Å². The number of aromatic nitrogens is 2. The Kier molecular flexibility index (Phi) is 3.74. The molecule has 6 nitrogen and oxygen atoms in total. The molecule has 2 aliphatic rings. The Morgan fingerprint density at radius 3 is 2.93 bits per heavy atom. The number of aromatic amines is 1. The Morgan fingerprint density at radius 2 is 2.22 bits per heavy atom. The van der Waals surface area contributed by atoms with E-state index in [1.165, 1.54) is 18.4 Å². The molecule has 0 unspecified atom stereocenters. The molecule has 0 radical (unpaired) electrons. The van der Waals surface area contributed by atoms with Crippen LogP contribution in [0.5, 0.6) is 5.75 Å². The summed E-state index contributed by atoms with van der Waals surface area (Å²) in [6, 6.07) is 8.22. The Hall–Kier alpha value is -2.76. The third-order valence-corrected chi connectivity index (χ3v) is 5.68. The van der Waals surface area contributed by atoms with Crippen molar-refractivity contribution >= 4 is 16.8 Å². The van der Waals surface area contributed by atoms with Crippen LogP contribution in [0.3, 0.4) is 0 Å². The summed E-state index contributed by atoms with van der Waals surface area (Å²) in [5, 5.41) is 8.12. The van der Waals surface area contributed by atoms with Gasteiger partial charge in [0.25, 0.3) is 0 Å². The summed E-state index contributed by atoms with van der Waals surface area (Å²) in [5.41, 5.74) is 3.92. The SMILES string of the molecule is CC1(C(=O)NCc2cc3cc(C4CC4)c(OCc4ccon4)cc3[nH]2)CC1. The van der Waals surface area contributed by atoms with Gasteiger partial charge in [-0.05, 0) is 49.3 Å². The van der Waals surface area contributed by atoms with Crippen molar-refractivity contribution in [2.75, 3.05) is 0 Å². The Labute approximate surface area is 157 Å². The minimum Gasteiger partial charge on any atom is -0.487 e. The van der Waals surface area contributed by atoms with E-state index >= 15 is 0 Å². The van der Waals surface area contributed by atoms with Gasteiger partial charge in [-0.15, -0.1) is 0 Å². The lowest BCUT2D eigenvalue weighted by atomic mass is 10.1. The van der Waals surface area contributed by atoms with E-state index in [9.17, 15) is 4.79 Å². The van der Waals surface area contributed by atoms with Gasteiger partial charge in [-0.2, -0.15) is 0 Å². The van der Waals surface area contributed by atoms with E-state index in [4.69, 9.17) is 9.26 Å². The largest absolute Gasteiger partial charge is 0.487 e. The molecule has 2 fully saturated rings. The summed E-state index contributed by atoms with van der Waals surface area (Å²) in [6.45, 7) is 2.94. The third-order valence-electron chi connectivity index (χ3n) is 5.68. The van der Waals surface area contributed by atoms with Gasteiger partial charge in [0.2, 0.25) is 5.91 Å². The number of benzene rings is 1. The number of hydrogen-bond donors (Lipinski definition) is 2. The maximum Gasteiger partial charge on any atom is 0.226 e. The van der Waals surface area contributed by atoms with E-state index in [0.29, 0.717) is 19.1 Å². The van der Waals surface area contributed by atoms with Crippen molar-refractivity contribution in [1.29, 1.82) is 0 Å². The zero-order valence-electron chi connectivity index (χ0n) is 15.4. The van der Waals surface area contributed by atoms with Crippen LogP contribution in [0.2, 0.25) is 0 Å². The molecule has 2 saturated carbocycles. The van der Waals surface area contributed by atoms with Gasteiger partial charge in [-0.1, -0.05) is 12.1 Å². The van der Waals surface area contributed by atoms with Crippen molar-refractivity contribution in [1.82, 2.24) is 15.5 Å². The summed E-state index contributed by atoms with van der Waals surface area (Å²) in [7, 11) is 0. The van der Waals surface area contributed by atoms with Gasteiger partial charge in [0.1, 0.15) is 24.3 Å². The maximum atomic E-state index is 12.2. The van der Waals surface area contributed by atoms with Gasteiger partial charge in [-0.25, -0.2) is 0 Å². The number of H-pyrrole nitrogens is 1. The van der Waals surface area contributed by atoms with E-state index in [-0.39, 0.29) is 11.3 Å². The summed E-state index contributed by atoms with van der Waals surface area (Å²) in [4.78, 5) is 15.6. The van der Waals surface area contributed by atoms with Gasteiger partial charge in [0, 0.05) is 34.1 Å². The van der Waals surface area contributed by atoms with Crippen LogP contribution in [-0.4, -0.2) is 16.0 Å². The quantitative estimate of drug-likeness (QED) is 0.662.